The van der Waals surface area contributed by atoms with E-state index in [0.717, 1.165) is 5.56 Å². The highest BCUT2D eigenvalue weighted by molar-refractivity contribution is 9.08. The smallest absolute Gasteiger partial charge is 0.173 e. The zero-order valence-corrected chi connectivity index (χ0v) is 9.45. The predicted molar refractivity (Wildman–Crippen MR) is 55.2 cm³/mol. The SMILES string of the molecule is CCOc1c(F)cc(CBr)cc1Cl. The molecule has 0 atom stereocenters. The molecule has 0 radical (unpaired) electrons. The lowest BCUT2D eigenvalue weighted by Crippen LogP contribution is -1.96. The van der Waals surface area contributed by atoms with Crippen molar-refractivity contribution in [3.05, 3.63) is 28.5 Å². The highest BCUT2D eigenvalue weighted by atomic mass is 79.9. The molecule has 0 aromatic heterocycles. The quantitative estimate of drug-likeness (QED) is 0.758. The summed E-state index contributed by atoms with van der Waals surface area (Å²) in [6.07, 6.45) is 0. The Hall–Kier alpha value is -0.280. The van der Waals surface area contributed by atoms with E-state index in [4.69, 9.17) is 16.3 Å². The van der Waals surface area contributed by atoms with Crippen molar-refractivity contribution in [2.75, 3.05) is 6.61 Å². The molecule has 1 rings (SSSR count). The summed E-state index contributed by atoms with van der Waals surface area (Å²) >= 11 is 9.03. The van der Waals surface area contributed by atoms with Gasteiger partial charge in [-0.3, -0.25) is 0 Å². The largest absolute Gasteiger partial charge is 0.489 e. The second kappa shape index (κ2) is 4.82. The average molecular weight is 268 g/mol. The van der Waals surface area contributed by atoms with Gasteiger partial charge >= 0.3 is 0 Å². The van der Waals surface area contributed by atoms with Crippen molar-refractivity contribution in [2.24, 2.45) is 0 Å². The van der Waals surface area contributed by atoms with Crippen LogP contribution in [0.2, 0.25) is 5.02 Å². The first-order valence-corrected chi connectivity index (χ1v) is 5.35. The van der Waals surface area contributed by atoms with Crippen LogP contribution in [0.4, 0.5) is 4.39 Å². The normalized spacial score (nSPS) is 10.2. The van der Waals surface area contributed by atoms with E-state index in [1.165, 1.54) is 6.07 Å². The summed E-state index contributed by atoms with van der Waals surface area (Å²) in [7, 11) is 0. The van der Waals surface area contributed by atoms with Crippen molar-refractivity contribution < 1.29 is 9.13 Å². The maximum Gasteiger partial charge on any atom is 0.173 e. The van der Waals surface area contributed by atoms with Crippen LogP contribution in [0.5, 0.6) is 5.75 Å². The molecule has 0 amide bonds. The molecule has 0 spiro atoms. The lowest BCUT2D eigenvalue weighted by molar-refractivity contribution is 0.321. The van der Waals surface area contributed by atoms with E-state index in [0.29, 0.717) is 17.0 Å². The van der Waals surface area contributed by atoms with Gasteiger partial charge < -0.3 is 4.74 Å². The molecule has 0 saturated heterocycles. The minimum Gasteiger partial charge on any atom is -0.489 e. The molecule has 13 heavy (non-hydrogen) atoms. The zero-order valence-electron chi connectivity index (χ0n) is 7.11. The van der Waals surface area contributed by atoms with Crippen molar-refractivity contribution >= 4 is 27.5 Å². The molecule has 72 valence electrons. The molecule has 0 aliphatic heterocycles. The summed E-state index contributed by atoms with van der Waals surface area (Å²) in [5.74, 6) is -0.280. The second-order valence-electron chi connectivity index (χ2n) is 2.46. The number of ether oxygens (including phenoxy) is 1. The topological polar surface area (TPSA) is 9.23 Å². The summed E-state index contributed by atoms with van der Waals surface area (Å²) in [5, 5.41) is 0.895. The highest BCUT2D eigenvalue weighted by Gasteiger charge is 2.09. The summed E-state index contributed by atoms with van der Waals surface area (Å²) in [6.45, 7) is 2.19. The maximum atomic E-state index is 13.3. The van der Waals surface area contributed by atoms with Crippen LogP contribution in [0, 0.1) is 5.82 Å². The average Bonchev–Trinajstić information content (AvgIpc) is 2.11. The molecular formula is C9H9BrClFO. The van der Waals surface area contributed by atoms with Crippen molar-refractivity contribution in [1.29, 1.82) is 0 Å². The van der Waals surface area contributed by atoms with Crippen molar-refractivity contribution in [3.63, 3.8) is 0 Å². The van der Waals surface area contributed by atoms with Crippen LogP contribution < -0.4 is 4.74 Å². The molecular weight excluding hydrogens is 258 g/mol. The number of hydrogen-bond donors (Lipinski definition) is 0. The van der Waals surface area contributed by atoms with Gasteiger partial charge in [0.2, 0.25) is 0 Å². The molecule has 1 nitrogen and oxygen atoms in total. The molecule has 0 unspecified atom stereocenters. The Bertz CT molecular complexity index is 281. The first kappa shape index (κ1) is 10.8. The zero-order chi connectivity index (χ0) is 9.84. The van der Waals surface area contributed by atoms with Gasteiger partial charge in [0.25, 0.3) is 0 Å². The maximum absolute atomic E-state index is 13.3. The lowest BCUT2D eigenvalue weighted by Gasteiger charge is -2.07. The fourth-order valence-corrected chi connectivity index (χ4v) is 1.58. The number of rotatable bonds is 3. The van der Waals surface area contributed by atoms with Crippen LogP contribution in [0.25, 0.3) is 0 Å². The van der Waals surface area contributed by atoms with Gasteiger partial charge in [-0.1, -0.05) is 27.5 Å². The van der Waals surface area contributed by atoms with E-state index in [-0.39, 0.29) is 5.75 Å². The van der Waals surface area contributed by atoms with Gasteiger partial charge in [-0.05, 0) is 24.6 Å². The number of benzene rings is 1. The fourth-order valence-electron chi connectivity index (χ4n) is 0.972. The number of halogens is 3. The van der Waals surface area contributed by atoms with Crippen molar-refractivity contribution in [1.82, 2.24) is 0 Å². The van der Waals surface area contributed by atoms with Crippen LogP contribution in [-0.2, 0) is 5.33 Å². The van der Waals surface area contributed by atoms with Gasteiger partial charge in [-0.15, -0.1) is 0 Å². The van der Waals surface area contributed by atoms with Crippen LogP contribution in [-0.4, -0.2) is 6.61 Å². The monoisotopic (exact) mass is 266 g/mol. The molecule has 1 aromatic carbocycles. The Morgan fingerprint density at radius 3 is 2.69 bits per heavy atom. The third-order valence-corrected chi connectivity index (χ3v) is 2.43. The van der Waals surface area contributed by atoms with E-state index in [2.05, 4.69) is 15.9 Å². The standard InChI is InChI=1S/C9H9BrClFO/c1-2-13-9-7(11)3-6(5-10)4-8(9)12/h3-4H,2,5H2,1H3. The van der Waals surface area contributed by atoms with Crippen molar-refractivity contribution in [2.45, 2.75) is 12.3 Å². The van der Waals surface area contributed by atoms with E-state index in [1.54, 1.807) is 13.0 Å². The van der Waals surface area contributed by atoms with E-state index in [9.17, 15) is 4.39 Å². The van der Waals surface area contributed by atoms with Gasteiger partial charge in [0.05, 0.1) is 11.6 Å². The minimum absolute atomic E-state index is 0.133. The van der Waals surface area contributed by atoms with Crippen LogP contribution >= 0.6 is 27.5 Å². The Morgan fingerprint density at radius 1 is 1.54 bits per heavy atom. The molecule has 1 aromatic rings. The molecule has 0 aliphatic carbocycles. The van der Waals surface area contributed by atoms with Crippen LogP contribution in [0.3, 0.4) is 0 Å². The fraction of sp³-hybridized carbons (Fsp3) is 0.333. The van der Waals surface area contributed by atoms with E-state index >= 15 is 0 Å². The lowest BCUT2D eigenvalue weighted by atomic mass is 10.2. The summed E-state index contributed by atoms with van der Waals surface area (Å²) in [5.41, 5.74) is 0.797. The van der Waals surface area contributed by atoms with Gasteiger partial charge in [-0.25, -0.2) is 4.39 Å². The Balaban J connectivity index is 3.07. The van der Waals surface area contributed by atoms with Gasteiger partial charge in [0, 0.05) is 5.33 Å². The van der Waals surface area contributed by atoms with E-state index < -0.39 is 5.82 Å². The van der Waals surface area contributed by atoms with Crippen LogP contribution in [0.1, 0.15) is 12.5 Å². The summed E-state index contributed by atoms with van der Waals surface area (Å²) in [4.78, 5) is 0. The minimum atomic E-state index is -0.413. The summed E-state index contributed by atoms with van der Waals surface area (Å²) < 4.78 is 18.3. The molecule has 0 saturated carbocycles. The summed E-state index contributed by atoms with van der Waals surface area (Å²) in [6, 6.07) is 3.09. The third-order valence-electron chi connectivity index (χ3n) is 1.50. The van der Waals surface area contributed by atoms with Crippen molar-refractivity contribution in [3.8, 4) is 5.75 Å². The van der Waals surface area contributed by atoms with E-state index in [1.807, 2.05) is 0 Å². The first-order valence-electron chi connectivity index (χ1n) is 3.85. The molecule has 0 aliphatic rings. The Kier molecular flexibility index (Phi) is 4.00. The van der Waals surface area contributed by atoms with Gasteiger partial charge in [0.15, 0.2) is 11.6 Å². The second-order valence-corrected chi connectivity index (χ2v) is 3.42. The number of alkyl halides is 1. The molecule has 0 heterocycles. The predicted octanol–water partition coefficient (Wildman–Crippen LogP) is 3.77. The van der Waals surface area contributed by atoms with Crippen LogP contribution in [0.15, 0.2) is 12.1 Å². The van der Waals surface area contributed by atoms with Gasteiger partial charge in [-0.2, -0.15) is 0 Å². The molecule has 0 bridgehead atoms. The third kappa shape index (κ3) is 2.58. The van der Waals surface area contributed by atoms with Gasteiger partial charge in [0.1, 0.15) is 0 Å². The Morgan fingerprint density at radius 2 is 2.23 bits per heavy atom. The number of hydrogen-bond acceptors (Lipinski definition) is 1. The molecule has 0 N–H and O–H groups in total. The Labute approximate surface area is 90.0 Å². The molecule has 4 heteroatoms. The molecule has 0 fully saturated rings. The first-order chi connectivity index (χ1) is 6.19. The highest BCUT2D eigenvalue weighted by Crippen LogP contribution is 2.29.